The Labute approximate surface area is 171 Å². The van der Waals surface area contributed by atoms with E-state index >= 15 is 0 Å². The van der Waals surface area contributed by atoms with Crippen molar-refractivity contribution in [2.45, 2.75) is 13.0 Å². The van der Waals surface area contributed by atoms with Crippen LogP contribution in [0.15, 0.2) is 42.5 Å². The number of ether oxygens (including phenoxy) is 6. The molecule has 0 saturated carbocycles. The molecule has 1 N–H and O–H groups in total. The summed E-state index contributed by atoms with van der Waals surface area (Å²) in [5.41, 5.74) is 0.760. The summed E-state index contributed by atoms with van der Waals surface area (Å²) >= 11 is 0. The standard InChI is InChI=1S/C22H28O7/c1-17(23)18-6-7-21-22(16-18)29-15-11-25-9-13-27-20-5-3-2-4-19(20)26-12-8-24-10-14-28-21/h2-7,16-17,23H,8-15H2,1H3. The van der Waals surface area contributed by atoms with Crippen LogP contribution in [-0.4, -0.2) is 58.0 Å². The van der Waals surface area contributed by atoms with E-state index in [1.165, 1.54) is 0 Å². The largest absolute Gasteiger partial charge is 0.487 e. The van der Waals surface area contributed by atoms with E-state index in [0.717, 1.165) is 5.56 Å². The van der Waals surface area contributed by atoms with Crippen LogP contribution in [0.5, 0.6) is 23.0 Å². The van der Waals surface area contributed by atoms with Crippen molar-refractivity contribution < 1.29 is 33.5 Å². The number of para-hydroxylation sites is 2. The molecule has 0 aliphatic carbocycles. The molecule has 7 nitrogen and oxygen atoms in total. The summed E-state index contributed by atoms with van der Waals surface area (Å²) in [5, 5.41) is 9.81. The van der Waals surface area contributed by atoms with Crippen molar-refractivity contribution in [1.29, 1.82) is 0 Å². The van der Waals surface area contributed by atoms with E-state index in [9.17, 15) is 5.11 Å². The van der Waals surface area contributed by atoms with Crippen LogP contribution >= 0.6 is 0 Å². The molecule has 1 aliphatic heterocycles. The maximum absolute atomic E-state index is 9.81. The van der Waals surface area contributed by atoms with Gasteiger partial charge < -0.3 is 33.5 Å². The van der Waals surface area contributed by atoms with Crippen molar-refractivity contribution >= 4 is 0 Å². The average Bonchev–Trinajstić information content (AvgIpc) is 2.73. The third kappa shape index (κ3) is 6.81. The van der Waals surface area contributed by atoms with Crippen molar-refractivity contribution in [2.75, 3.05) is 52.9 Å². The van der Waals surface area contributed by atoms with Crippen LogP contribution in [0.2, 0.25) is 0 Å². The SMILES string of the molecule is CC(O)c1ccc2c(c1)OCCOCCOc1ccccc1OCCOCCO2. The van der Waals surface area contributed by atoms with Crippen molar-refractivity contribution in [3.8, 4) is 23.0 Å². The Hall–Kier alpha value is -2.48. The van der Waals surface area contributed by atoms with Gasteiger partial charge in [-0.05, 0) is 36.8 Å². The molecule has 1 aliphatic rings. The predicted molar refractivity (Wildman–Crippen MR) is 107 cm³/mol. The normalized spacial score (nSPS) is 17.6. The number of benzene rings is 2. The van der Waals surface area contributed by atoms with Crippen molar-refractivity contribution in [1.82, 2.24) is 0 Å². The highest BCUT2D eigenvalue weighted by molar-refractivity contribution is 5.43. The van der Waals surface area contributed by atoms with Gasteiger partial charge in [0.1, 0.15) is 26.4 Å². The maximum atomic E-state index is 9.81. The molecule has 1 heterocycles. The van der Waals surface area contributed by atoms with Crippen LogP contribution in [-0.2, 0) is 9.47 Å². The molecule has 0 amide bonds. The Morgan fingerprint density at radius 2 is 1.07 bits per heavy atom. The zero-order valence-electron chi connectivity index (χ0n) is 16.7. The van der Waals surface area contributed by atoms with Crippen molar-refractivity contribution in [3.63, 3.8) is 0 Å². The smallest absolute Gasteiger partial charge is 0.161 e. The van der Waals surface area contributed by atoms with Gasteiger partial charge in [-0.2, -0.15) is 0 Å². The summed E-state index contributed by atoms with van der Waals surface area (Å²) in [7, 11) is 0. The fourth-order valence-electron chi connectivity index (χ4n) is 2.75. The number of hydrogen-bond acceptors (Lipinski definition) is 7. The number of rotatable bonds is 1. The minimum absolute atomic E-state index is 0.357. The Morgan fingerprint density at radius 1 is 0.621 bits per heavy atom. The van der Waals surface area contributed by atoms with E-state index < -0.39 is 6.10 Å². The summed E-state index contributed by atoms with van der Waals surface area (Å²) in [6, 6.07) is 12.9. The van der Waals surface area contributed by atoms with Crippen LogP contribution in [0, 0.1) is 0 Å². The molecule has 2 aromatic rings. The average molecular weight is 404 g/mol. The quantitative estimate of drug-likeness (QED) is 0.783. The Bertz CT molecular complexity index is 748. The molecule has 0 saturated heterocycles. The number of aliphatic hydroxyl groups is 1. The highest BCUT2D eigenvalue weighted by Crippen LogP contribution is 2.31. The van der Waals surface area contributed by atoms with E-state index in [2.05, 4.69) is 0 Å². The van der Waals surface area contributed by atoms with Gasteiger partial charge >= 0.3 is 0 Å². The first-order chi connectivity index (χ1) is 14.2. The molecule has 1 atom stereocenters. The third-order valence-electron chi connectivity index (χ3n) is 4.24. The van der Waals surface area contributed by atoms with Gasteiger partial charge in [-0.25, -0.2) is 0 Å². The zero-order valence-corrected chi connectivity index (χ0v) is 16.7. The molecule has 1 unspecified atom stereocenters. The molecule has 0 radical (unpaired) electrons. The molecular weight excluding hydrogens is 376 g/mol. The molecule has 0 fully saturated rings. The number of fused-ring (bicyclic) bond motifs is 2. The van der Waals surface area contributed by atoms with Crippen LogP contribution in [0.1, 0.15) is 18.6 Å². The van der Waals surface area contributed by atoms with Gasteiger partial charge in [-0.1, -0.05) is 18.2 Å². The molecule has 3 rings (SSSR count). The summed E-state index contributed by atoms with van der Waals surface area (Å²) in [4.78, 5) is 0. The lowest BCUT2D eigenvalue weighted by atomic mass is 10.1. The van der Waals surface area contributed by atoms with Gasteiger partial charge in [-0.15, -0.1) is 0 Å². The second kappa shape index (κ2) is 11.5. The lowest BCUT2D eigenvalue weighted by Gasteiger charge is -2.16. The molecule has 0 aromatic heterocycles. The first kappa shape index (κ1) is 21.2. The second-order valence-corrected chi connectivity index (χ2v) is 6.45. The van der Waals surface area contributed by atoms with E-state index in [1.54, 1.807) is 19.1 Å². The third-order valence-corrected chi connectivity index (χ3v) is 4.24. The Balaban J connectivity index is 1.60. The summed E-state index contributed by atoms with van der Waals surface area (Å²) in [6.45, 7) is 4.95. The Kier molecular flexibility index (Phi) is 8.42. The molecule has 7 heteroatoms. The van der Waals surface area contributed by atoms with E-state index in [4.69, 9.17) is 28.4 Å². The van der Waals surface area contributed by atoms with Gasteiger partial charge in [0.2, 0.25) is 0 Å². The number of hydrogen-bond donors (Lipinski definition) is 1. The fraction of sp³-hybridized carbons (Fsp3) is 0.455. The van der Waals surface area contributed by atoms with Gasteiger partial charge in [0, 0.05) is 0 Å². The molecule has 0 bridgehead atoms. The van der Waals surface area contributed by atoms with Crippen LogP contribution in [0.4, 0.5) is 0 Å². The predicted octanol–water partition coefficient (Wildman–Crippen LogP) is 3.00. The summed E-state index contributed by atoms with van der Waals surface area (Å²) in [6.07, 6.45) is -0.587. The number of aliphatic hydroxyl groups excluding tert-OH is 1. The topological polar surface area (TPSA) is 75.6 Å². The van der Waals surface area contributed by atoms with Crippen molar-refractivity contribution in [3.05, 3.63) is 48.0 Å². The lowest BCUT2D eigenvalue weighted by molar-refractivity contribution is 0.0639. The summed E-state index contributed by atoms with van der Waals surface area (Å²) in [5.74, 6) is 2.53. The fourth-order valence-corrected chi connectivity index (χ4v) is 2.75. The highest BCUT2D eigenvalue weighted by atomic mass is 16.6. The van der Waals surface area contributed by atoms with Gasteiger partial charge in [0.15, 0.2) is 23.0 Å². The minimum Gasteiger partial charge on any atom is -0.487 e. The molecule has 2 aromatic carbocycles. The first-order valence-electron chi connectivity index (χ1n) is 9.82. The van der Waals surface area contributed by atoms with E-state index in [-0.39, 0.29) is 0 Å². The lowest BCUT2D eigenvalue weighted by Crippen LogP contribution is -2.15. The van der Waals surface area contributed by atoms with E-state index in [1.807, 2.05) is 30.3 Å². The maximum Gasteiger partial charge on any atom is 0.161 e. The zero-order chi connectivity index (χ0) is 20.3. The summed E-state index contributed by atoms with van der Waals surface area (Å²) < 4.78 is 34.3. The minimum atomic E-state index is -0.587. The van der Waals surface area contributed by atoms with Crippen LogP contribution < -0.4 is 18.9 Å². The Morgan fingerprint density at radius 3 is 1.55 bits per heavy atom. The second-order valence-electron chi connectivity index (χ2n) is 6.45. The van der Waals surface area contributed by atoms with Crippen molar-refractivity contribution in [2.24, 2.45) is 0 Å². The molecule has 0 spiro atoms. The van der Waals surface area contributed by atoms with E-state index in [0.29, 0.717) is 75.9 Å². The highest BCUT2D eigenvalue weighted by Gasteiger charge is 2.10. The monoisotopic (exact) mass is 404 g/mol. The van der Waals surface area contributed by atoms with Gasteiger partial charge in [0.25, 0.3) is 0 Å². The molecule has 158 valence electrons. The molecular formula is C22H28O7. The van der Waals surface area contributed by atoms with Crippen LogP contribution in [0.3, 0.4) is 0 Å². The molecule has 29 heavy (non-hydrogen) atoms. The van der Waals surface area contributed by atoms with Crippen LogP contribution in [0.25, 0.3) is 0 Å². The van der Waals surface area contributed by atoms with Gasteiger partial charge in [0.05, 0.1) is 32.5 Å². The van der Waals surface area contributed by atoms with Gasteiger partial charge in [-0.3, -0.25) is 0 Å². The first-order valence-corrected chi connectivity index (χ1v) is 9.82.